The quantitative estimate of drug-likeness (QED) is 0.384. The van der Waals surface area contributed by atoms with Gasteiger partial charge in [-0.25, -0.2) is 9.67 Å². The summed E-state index contributed by atoms with van der Waals surface area (Å²) in [6, 6.07) is 15.6. The molecule has 2 heterocycles. The van der Waals surface area contributed by atoms with Crippen molar-refractivity contribution in [2.75, 3.05) is 11.1 Å². The van der Waals surface area contributed by atoms with E-state index in [0.29, 0.717) is 11.6 Å². The van der Waals surface area contributed by atoms with Gasteiger partial charge in [-0.15, -0.1) is 0 Å². The molecule has 24 heavy (non-hydrogen) atoms. The fourth-order valence-corrected chi connectivity index (χ4v) is 2.70. The molecule has 4 rings (SSSR count). The lowest BCUT2D eigenvalue weighted by Crippen LogP contribution is -2.01. The first-order chi connectivity index (χ1) is 11.7. The van der Waals surface area contributed by atoms with Gasteiger partial charge in [-0.3, -0.25) is 0 Å². The number of rotatable bonds is 3. The molecule has 0 atom stereocenters. The molecule has 0 saturated carbocycles. The zero-order valence-electron chi connectivity index (χ0n) is 12.5. The van der Waals surface area contributed by atoms with Crippen LogP contribution in [0.2, 0.25) is 0 Å². The normalized spacial score (nSPS) is 10.9. The Morgan fingerprint density at radius 3 is 2.46 bits per heavy atom. The van der Waals surface area contributed by atoms with E-state index in [-0.39, 0.29) is 0 Å². The molecule has 0 saturated heterocycles. The number of hydrogen-bond acceptors (Lipinski definition) is 5. The Bertz CT molecular complexity index is 992. The van der Waals surface area contributed by atoms with Crippen molar-refractivity contribution in [2.24, 2.45) is 0 Å². The monoisotopic (exact) mass is 428 g/mol. The summed E-state index contributed by atoms with van der Waals surface area (Å²) in [6.07, 6.45) is 3.53. The minimum absolute atomic E-state index is 0.513. The molecule has 3 N–H and O–H groups in total. The number of fused-ring (bicyclic) bond motifs is 1. The van der Waals surface area contributed by atoms with E-state index in [9.17, 15) is 0 Å². The lowest BCUT2D eigenvalue weighted by Gasteiger charge is -2.06. The molecule has 2 aromatic carbocycles. The number of benzene rings is 2. The zero-order valence-corrected chi connectivity index (χ0v) is 14.7. The second-order valence-electron chi connectivity index (χ2n) is 5.25. The van der Waals surface area contributed by atoms with E-state index in [1.165, 1.54) is 3.57 Å². The van der Waals surface area contributed by atoms with Crippen LogP contribution in [-0.4, -0.2) is 19.7 Å². The van der Waals surface area contributed by atoms with E-state index >= 15 is 0 Å². The topological polar surface area (TPSA) is 81.6 Å². The Balaban J connectivity index is 1.72. The third-order valence-electron chi connectivity index (χ3n) is 3.55. The van der Waals surface area contributed by atoms with Crippen LogP contribution in [0.5, 0.6) is 0 Å². The van der Waals surface area contributed by atoms with Crippen molar-refractivity contribution in [2.45, 2.75) is 0 Å². The van der Waals surface area contributed by atoms with Crippen LogP contribution in [-0.2, 0) is 0 Å². The average Bonchev–Trinajstić information content (AvgIpc) is 3.01. The zero-order chi connectivity index (χ0) is 16.5. The van der Waals surface area contributed by atoms with Crippen LogP contribution >= 0.6 is 22.6 Å². The van der Waals surface area contributed by atoms with E-state index in [4.69, 9.17) is 5.73 Å². The van der Waals surface area contributed by atoms with Crippen molar-refractivity contribution in [3.05, 3.63) is 64.5 Å². The number of aromatic nitrogens is 4. The second kappa shape index (κ2) is 6.08. The highest BCUT2D eigenvalue weighted by Gasteiger charge is 2.08. The van der Waals surface area contributed by atoms with E-state index in [0.717, 1.165) is 22.4 Å². The fourth-order valence-electron chi connectivity index (χ4n) is 2.34. The van der Waals surface area contributed by atoms with E-state index in [1.807, 2.05) is 48.5 Å². The fraction of sp³-hybridized carbons (Fsp3) is 0. The van der Waals surface area contributed by atoms with Gasteiger partial charge in [0.25, 0.3) is 0 Å². The minimum Gasteiger partial charge on any atom is -0.399 e. The van der Waals surface area contributed by atoms with Gasteiger partial charge in [0.1, 0.15) is 0 Å². The summed E-state index contributed by atoms with van der Waals surface area (Å²) in [5.41, 5.74) is 9.01. The summed E-state index contributed by atoms with van der Waals surface area (Å²) in [7, 11) is 0. The first kappa shape index (κ1) is 14.9. The van der Waals surface area contributed by atoms with Gasteiger partial charge < -0.3 is 11.1 Å². The summed E-state index contributed by atoms with van der Waals surface area (Å²) in [6.45, 7) is 0. The standard InChI is InChI=1S/C17H13IN6/c18-12-1-7-15(8-2-12)24-16-11(10-21-24)9-20-17(23-16)22-14-5-3-13(19)4-6-14/h1-10H,19H2,(H,20,22,23). The molecule has 0 bridgehead atoms. The van der Waals surface area contributed by atoms with Crippen molar-refractivity contribution in [3.63, 3.8) is 0 Å². The van der Waals surface area contributed by atoms with Crippen molar-refractivity contribution in [1.29, 1.82) is 0 Å². The molecular weight excluding hydrogens is 415 g/mol. The van der Waals surface area contributed by atoms with Crippen LogP contribution < -0.4 is 11.1 Å². The molecule has 0 unspecified atom stereocenters. The van der Waals surface area contributed by atoms with E-state index < -0.39 is 0 Å². The average molecular weight is 428 g/mol. The third kappa shape index (κ3) is 2.90. The molecule has 4 aromatic rings. The first-order valence-electron chi connectivity index (χ1n) is 7.28. The molecular formula is C17H13IN6. The molecule has 7 heteroatoms. The van der Waals surface area contributed by atoms with Crippen LogP contribution in [0.3, 0.4) is 0 Å². The number of nitrogens with zero attached hydrogens (tertiary/aromatic N) is 4. The van der Waals surface area contributed by atoms with Gasteiger partial charge in [-0.05, 0) is 71.1 Å². The van der Waals surface area contributed by atoms with Crippen LogP contribution in [0, 0.1) is 3.57 Å². The number of nitrogen functional groups attached to an aromatic ring is 1. The highest BCUT2D eigenvalue weighted by Crippen LogP contribution is 2.20. The van der Waals surface area contributed by atoms with Crippen LogP contribution in [0.15, 0.2) is 60.9 Å². The van der Waals surface area contributed by atoms with Crippen molar-refractivity contribution in [1.82, 2.24) is 19.7 Å². The van der Waals surface area contributed by atoms with Crippen molar-refractivity contribution < 1.29 is 0 Å². The molecule has 0 spiro atoms. The molecule has 2 aromatic heterocycles. The van der Waals surface area contributed by atoms with Crippen LogP contribution in [0.25, 0.3) is 16.7 Å². The summed E-state index contributed by atoms with van der Waals surface area (Å²) >= 11 is 2.28. The van der Waals surface area contributed by atoms with Gasteiger partial charge in [0.15, 0.2) is 5.65 Å². The maximum absolute atomic E-state index is 5.70. The van der Waals surface area contributed by atoms with Gasteiger partial charge in [0.05, 0.1) is 17.3 Å². The smallest absolute Gasteiger partial charge is 0.229 e. The van der Waals surface area contributed by atoms with Gasteiger partial charge in [-0.2, -0.15) is 10.1 Å². The predicted molar refractivity (Wildman–Crippen MR) is 104 cm³/mol. The Morgan fingerprint density at radius 2 is 1.71 bits per heavy atom. The van der Waals surface area contributed by atoms with Gasteiger partial charge in [-0.1, -0.05) is 0 Å². The first-order valence-corrected chi connectivity index (χ1v) is 8.36. The largest absolute Gasteiger partial charge is 0.399 e. The number of nitrogens with one attached hydrogen (secondary N) is 1. The van der Waals surface area contributed by atoms with Gasteiger partial charge in [0.2, 0.25) is 5.95 Å². The minimum atomic E-state index is 0.513. The molecule has 6 nitrogen and oxygen atoms in total. The summed E-state index contributed by atoms with van der Waals surface area (Å²) in [5, 5.41) is 8.49. The van der Waals surface area contributed by atoms with Crippen molar-refractivity contribution in [3.8, 4) is 5.69 Å². The van der Waals surface area contributed by atoms with Gasteiger partial charge in [0, 0.05) is 21.1 Å². The molecule has 118 valence electrons. The van der Waals surface area contributed by atoms with E-state index in [2.05, 4.69) is 43.0 Å². The molecule has 0 aliphatic carbocycles. The number of anilines is 3. The predicted octanol–water partition coefficient (Wildman–Crippen LogP) is 3.75. The lowest BCUT2D eigenvalue weighted by atomic mass is 10.3. The maximum atomic E-state index is 5.70. The number of halogens is 1. The van der Waals surface area contributed by atoms with Crippen molar-refractivity contribution >= 4 is 50.9 Å². The summed E-state index contributed by atoms with van der Waals surface area (Å²) < 4.78 is 2.98. The second-order valence-corrected chi connectivity index (χ2v) is 6.50. The molecule has 0 amide bonds. The highest BCUT2D eigenvalue weighted by atomic mass is 127. The Labute approximate surface area is 151 Å². The molecule has 0 fully saturated rings. The Morgan fingerprint density at radius 1 is 0.958 bits per heavy atom. The molecule has 0 radical (unpaired) electrons. The highest BCUT2D eigenvalue weighted by molar-refractivity contribution is 14.1. The molecule has 0 aliphatic heterocycles. The van der Waals surface area contributed by atoms with Crippen LogP contribution in [0.1, 0.15) is 0 Å². The van der Waals surface area contributed by atoms with Crippen LogP contribution in [0.4, 0.5) is 17.3 Å². The van der Waals surface area contributed by atoms with Gasteiger partial charge >= 0.3 is 0 Å². The molecule has 0 aliphatic rings. The third-order valence-corrected chi connectivity index (χ3v) is 4.27. The maximum Gasteiger partial charge on any atom is 0.229 e. The summed E-state index contributed by atoms with van der Waals surface area (Å²) in [4.78, 5) is 8.93. The Kier molecular flexibility index (Phi) is 3.77. The number of hydrogen-bond donors (Lipinski definition) is 2. The number of nitrogens with two attached hydrogens (primary N) is 1. The lowest BCUT2D eigenvalue weighted by molar-refractivity contribution is 0.895. The SMILES string of the molecule is Nc1ccc(Nc2ncc3cnn(-c4ccc(I)cc4)c3n2)cc1. The summed E-state index contributed by atoms with van der Waals surface area (Å²) in [5.74, 6) is 0.513. The Hall–Kier alpha value is -2.68. The van der Waals surface area contributed by atoms with E-state index in [1.54, 1.807) is 17.1 Å².